The van der Waals surface area contributed by atoms with E-state index in [9.17, 15) is 4.79 Å². The first-order valence-electron chi connectivity index (χ1n) is 7.85. The van der Waals surface area contributed by atoms with Gasteiger partial charge in [-0.2, -0.15) is 5.10 Å². The molecule has 0 aliphatic carbocycles. The fraction of sp³-hybridized carbons (Fsp3) is 0.263. The molecule has 2 aromatic rings. The Labute approximate surface area is 152 Å². The van der Waals surface area contributed by atoms with E-state index in [0.717, 1.165) is 5.56 Å². The van der Waals surface area contributed by atoms with Crippen molar-refractivity contribution in [2.75, 3.05) is 28.4 Å². The van der Waals surface area contributed by atoms with E-state index in [1.807, 2.05) is 30.3 Å². The van der Waals surface area contributed by atoms with Crippen molar-refractivity contribution >= 4 is 12.1 Å². The number of amides is 1. The number of rotatable bonds is 8. The minimum Gasteiger partial charge on any atom is -0.493 e. The highest BCUT2D eigenvalue weighted by Crippen LogP contribution is 2.37. The fourth-order valence-corrected chi connectivity index (χ4v) is 2.43. The van der Waals surface area contributed by atoms with Gasteiger partial charge in [0, 0.05) is 12.7 Å². The standard InChI is InChI=1S/C19H22N2O5/c1-23-15-10-13(11-16(24-2)18(15)26-4)12-20-21-19(22)17(25-3)14-8-6-5-7-9-14/h5-12,17H,1-4H3,(H,21,22). The van der Waals surface area contributed by atoms with Crippen LogP contribution in [-0.2, 0) is 9.53 Å². The Bertz CT molecular complexity index is 737. The normalized spacial score (nSPS) is 11.8. The van der Waals surface area contributed by atoms with Crippen LogP contribution in [-0.4, -0.2) is 40.6 Å². The van der Waals surface area contributed by atoms with E-state index in [1.165, 1.54) is 34.7 Å². The molecule has 0 aliphatic heterocycles. The van der Waals surface area contributed by atoms with E-state index >= 15 is 0 Å². The molecule has 7 nitrogen and oxygen atoms in total. The van der Waals surface area contributed by atoms with Gasteiger partial charge < -0.3 is 18.9 Å². The molecule has 7 heteroatoms. The Morgan fingerprint density at radius 3 is 2.12 bits per heavy atom. The Kier molecular flexibility index (Phi) is 6.99. The minimum atomic E-state index is -0.742. The number of methoxy groups -OCH3 is 4. The summed E-state index contributed by atoms with van der Waals surface area (Å²) >= 11 is 0. The smallest absolute Gasteiger partial charge is 0.273 e. The van der Waals surface area contributed by atoms with E-state index in [4.69, 9.17) is 18.9 Å². The molecule has 0 fully saturated rings. The van der Waals surface area contributed by atoms with Crippen LogP contribution in [0.4, 0.5) is 0 Å². The van der Waals surface area contributed by atoms with Crippen molar-refractivity contribution in [2.24, 2.45) is 5.10 Å². The van der Waals surface area contributed by atoms with Gasteiger partial charge in [0.1, 0.15) is 0 Å². The van der Waals surface area contributed by atoms with Crippen molar-refractivity contribution < 1.29 is 23.7 Å². The molecule has 0 saturated heterocycles. The van der Waals surface area contributed by atoms with Gasteiger partial charge in [-0.05, 0) is 17.7 Å². The quantitative estimate of drug-likeness (QED) is 0.580. The topological polar surface area (TPSA) is 78.4 Å². The maximum atomic E-state index is 12.3. The molecule has 2 aromatic carbocycles. The summed E-state index contributed by atoms with van der Waals surface area (Å²) in [4.78, 5) is 12.3. The second-order valence-electron chi connectivity index (χ2n) is 5.22. The molecule has 0 radical (unpaired) electrons. The predicted octanol–water partition coefficient (Wildman–Crippen LogP) is 2.55. The average molecular weight is 358 g/mol. The molecular formula is C19H22N2O5. The molecule has 1 N–H and O–H groups in total. The van der Waals surface area contributed by atoms with Crippen LogP contribution in [0.1, 0.15) is 17.2 Å². The van der Waals surface area contributed by atoms with E-state index in [1.54, 1.807) is 12.1 Å². The Morgan fingerprint density at radius 1 is 1.00 bits per heavy atom. The zero-order chi connectivity index (χ0) is 18.9. The summed E-state index contributed by atoms with van der Waals surface area (Å²) in [5.41, 5.74) is 3.90. The Morgan fingerprint density at radius 2 is 1.62 bits per heavy atom. The van der Waals surface area contributed by atoms with Crippen molar-refractivity contribution in [3.8, 4) is 17.2 Å². The van der Waals surface area contributed by atoms with Gasteiger partial charge in [-0.25, -0.2) is 5.43 Å². The molecule has 26 heavy (non-hydrogen) atoms. The maximum absolute atomic E-state index is 12.3. The molecule has 1 amide bonds. The average Bonchev–Trinajstić information content (AvgIpc) is 2.68. The third kappa shape index (κ3) is 4.52. The van der Waals surface area contributed by atoms with Crippen molar-refractivity contribution in [1.29, 1.82) is 0 Å². The fourth-order valence-electron chi connectivity index (χ4n) is 2.43. The van der Waals surface area contributed by atoms with Gasteiger partial charge in [0.2, 0.25) is 5.75 Å². The summed E-state index contributed by atoms with van der Waals surface area (Å²) in [6.07, 6.45) is 0.744. The van der Waals surface area contributed by atoms with Crippen molar-refractivity contribution in [3.05, 3.63) is 53.6 Å². The number of benzene rings is 2. The Hall–Kier alpha value is -3.06. The highest BCUT2D eigenvalue weighted by molar-refractivity contribution is 5.86. The highest BCUT2D eigenvalue weighted by Gasteiger charge is 2.19. The van der Waals surface area contributed by atoms with Crippen LogP contribution in [0.2, 0.25) is 0 Å². The van der Waals surface area contributed by atoms with E-state index in [0.29, 0.717) is 22.8 Å². The molecule has 0 heterocycles. The molecule has 1 atom stereocenters. The first kappa shape index (κ1) is 19.3. The molecule has 0 spiro atoms. The Balaban J connectivity index is 2.13. The molecule has 0 aliphatic rings. The molecular weight excluding hydrogens is 336 g/mol. The van der Waals surface area contributed by atoms with Crippen LogP contribution in [0.25, 0.3) is 0 Å². The molecule has 1 unspecified atom stereocenters. The van der Waals surface area contributed by atoms with Crippen LogP contribution in [0.5, 0.6) is 17.2 Å². The lowest BCUT2D eigenvalue weighted by molar-refractivity contribution is -0.131. The summed E-state index contributed by atoms with van der Waals surface area (Å²) in [7, 11) is 6.06. The van der Waals surface area contributed by atoms with Gasteiger partial charge in [0.15, 0.2) is 17.6 Å². The number of nitrogens with one attached hydrogen (secondary N) is 1. The summed E-state index contributed by atoms with van der Waals surface area (Å²) in [5.74, 6) is 1.11. The van der Waals surface area contributed by atoms with Crippen LogP contribution in [0, 0.1) is 0 Å². The summed E-state index contributed by atoms with van der Waals surface area (Å²) in [6.45, 7) is 0. The van der Waals surface area contributed by atoms with Crippen molar-refractivity contribution in [3.63, 3.8) is 0 Å². The highest BCUT2D eigenvalue weighted by atomic mass is 16.5. The monoisotopic (exact) mass is 358 g/mol. The van der Waals surface area contributed by atoms with Crippen molar-refractivity contribution in [1.82, 2.24) is 5.43 Å². The first-order valence-corrected chi connectivity index (χ1v) is 7.85. The van der Waals surface area contributed by atoms with Gasteiger partial charge in [-0.15, -0.1) is 0 Å². The number of hydrogen-bond donors (Lipinski definition) is 1. The largest absolute Gasteiger partial charge is 0.493 e. The summed E-state index contributed by atoms with van der Waals surface area (Å²) in [5, 5.41) is 3.99. The number of hydrazone groups is 1. The zero-order valence-electron chi connectivity index (χ0n) is 15.2. The van der Waals surface area contributed by atoms with Crippen LogP contribution >= 0.6 is 0 Å². The predicted molar refractivity (Wildman–Crippen MR) is 98.0 cm³/mol. The maximum Gasteiger partial charge on any atom is 0.273 e. The molecule has 2 rings (SSSR count). The molecule has 0 aromatic heterocycles. The van der Waals surface area contributed by atoms with Crippen LogP contribution in [0.3, 0.4) is 0 Å². The van der Waals surface area contributed by atoms with Crippen molar-refractivity contribution in [2.45, 2.75) is 6.10 Å². The lowest BCUT2D eigenvalue weighted by Crippen LogP contribution is -2.26. The number of carbonyl (C=O) groups is 1. The zero-order valence-corrected chi connectivity index (χ0v) is 15.2. The number of ether oxygens (including phenoxy) is 4. The number of carbonyl (C=O) groups excluding carboxylic acids is 1. The van der Waals surface area contributed by atoms with E-state index < -0.39 is 6.10 Å². The van der Waals surface area contributed by atoms with Gasteiger partial charge in [-0.1, -0.05) is 30.3 Å². The third-order valence-corrected chi connectivity index (χ3v) is 3.65. The number of nitrogens with zero attached hydrogens (tertiary/aromatic N) is 1. The second-order valence-corrected chi connectivity index (χ2v) is 5.22. The first-order chi connectivity index (χ1) is 12.6. The van der Waals surface area contributed by atoms with Gasteiger partial charge in [0.05, 0.1) is 27.5 Å². The lowest BCUT2D eigenvalue weighted by Gasteiger charge is -2.14. The minimum absolute atomic E-state index is 0.373. The molecule has 138 valence electrons. The van der Waals surface area contributed by atoms with Crippen LogP contribution in [0.15, 0.2) is 47.6 Å². The lowest BCUT2D eigenvalue weighted by atomic mass is 10.1. The SMILES string of the molecule is COc1cc(C=NNC(=O)C(OC)c2ccccc2)cc(OC)c1OC. The van der Waals surface area contributed by atoms with Gasteiger partial charge in [-0.3, -0.25) is 4.79 Å². The third-order valence-electron chi connectivity index (χ3n) is 3.65. The van der Waals surface area contributed by atoms with Crippen LogP contribution < -0.4 is 19.6 Å². The van der Waals surface area contributed by atoms with E-state index in [-0.39, 0.29) is 5.91 Å². The van der Waals surface area contributed by atoms with E-state index in [2.05, 4.69) is 10.5 Å². The van der Waals surface area contributed by atoms with Gasteiger partial charge >= 0.3 is 0 Å². The van der Waals surface area contributed by atoms with Gasteiger partial charge in [0.25, 0.3) is 5.91 Å². The molecule has 0 bridgehead atoms. The summed E-state index contributed by atoms with van der Waals surface area (Å²) < 4.78 is 21.1. The number of hydrogen-bond acceptors (Lipinski definition) is 6. The summed E-state index contributed by atoms with van der Waals surface area (Å²) in [6, 6.07) is 12.6. The molecule has 0 saturated carbocycles. The second kappa shape index (κ2) is 9.43.